The highest BCUT2D eigenvalue weighted by atomic mass is 35.5. The van der Waals surface area contributed by atoms with Gasteiger partial charge in [-0.25, -0.2) is 18.1 Å². The van der Waals surface area contributed by atoms with E-state index in [0.717, 1.165) is 0 Å². The van der Waals surface area contributed by atoms with Crippen LogP contribution >= 0.6 is 23.2 Å². The number of aromatic nitrogens is 1. The van der Waals surface area contributed by atoms with Gasteiger partial charge in [-0.1, -0.05) is 30.1 Å². The van der Waals surface area contributed by atoms with Gasteiger partial charge in [-0.15, -0.1) is 0 Å². The molecule has 1 aromatic heterocycles. The number of rotatable bonds is 5. The second-order valence-electron chi connectivity index (χ2n) is 3.34. The first-order chi connectivity index (χ1) is 7.86. The Bertz CT molecular complexity index is 493. The lowest BCUT2D eigenvalue weighted by molar-refractivity contribution is 0.174. The van der Waals surface area contributed by atoms with Crippen LogP contribution in [0.5, 0.6) is 0 Å². The van der Waals surface area contributed by atoms with Gasteiger partial charge in [0.25, 0.3) is 0 Å². The summed E-state index contributed by atoms with van der Waals surface area (Å²) in [6.07, 6.45) is -0.279. The van der Waals surface area contributed by atoms with E-state index in [-0.39, 0.29) is 21.7 Å². The van der Waals surface area contributed by atoms with Crippen LogP contribution in [0.15, 0.2) is 17.0 Å². The molecule has 0 aliphatic carbocycles. The van der Waals surface area contributed by atoms with Crippen LogP contribution in [0.25, 0.3) is 0 Å². The van der Waals surface area contributed by atoms with Crippen molar-refractivity contribution in [3.8, 4) is 0 Å². The molecule has 5 nitrogen and oxygen atoms in total. The Morgan fingerprint density at radius 2 is 2.12 bits per heavy atom. The lowest BCUT2D eigenvalue weighted by Gasteiger charge is -2.10. The molecule has 0 aliphatic rings. The number of nitrogens with zero attached hydrogens (tertiary/aromatic N) is 1. The fourth-order valence-corrected chi connectivity index (χ4v) is 2.76. The van der Waals surface area contributed by atoms with Crippen LogP contribution < -0.4 is 4.72 Å². The Morgan fingerprint density at radius 1 is 1.47 bits per heavy atom. The van der Waals surface area contributed by atoms with Crippen molar-refractivity contribution in [1.29, 1.82) is 0 Å². The number of hydrogen-bond donors (Lipinski definition) is 2. The minimum Gasteiger partial charge on any atom is -0.392 e. The summed E-state index contributed by atoms with van der Waals surface area (Å²) in [6.45, 7) is 1.67. The fourth-order valence-electron chi connectivity index (χ4n) is 1.03. The second kappa shape index (κ2) is 5.97. The predicted molar refractivity (Wildman–Crippen MR) is 65.7 cm³/mol. The van der Waals surface area contributed by atoms with Gasteiger partial charge in [-0.2, -0.15) is 0 Å². The predicted octanol–water partition coefficient (Wildman–Crippen LogP) is 1.44. The first-order valence-corrected chi connectivity index (χ1v) is 7.10. The number of hydrogen-bond acceptors (Lipinski definition) is 4. The molecule has 0 spiro atoms. The summed E-state index contributed by atoms with van der Waals surface area (Å²) in [6, 6.07) is 2.59. The minimum absolute atomic E-state index is 0.0716. The van der Waals surface area contributed by atoms with Crippen LogP contribution in [0.1, 0.15) is 13.3 Å². The molecule has 1 rings (SSSR count). The number of nitrogens with one attached hydrogen (secondary N) is 1. The quantitative estimate of drug-likeness (QED) is 0.806. The summed E-state index contributed by atoms with van der Waals surface area (Å²) in [5, 5.41) is 9.20. The fraction of sp³-hybridized carbons (Fsp3) is 0.444. The van der Waals surface area contributed by atoms with Gasteiger partial charge < -0.3 is 5.11 Å². The largest absolute Gasteiger partial charge is 0.392 e. The van der Waals surface area contributed by atoms with E-state index in [1.54, 1.807) is 6.92 Å². The zero-order chi connectivity index (χ0) is 13.1. The molecule has 0 fully saturated rings. The maximum absolute atomic E-state index is 11.8. The number of pyridine rings is 1. The molecule has 0 amide bonds. The topological polar surface area (TPSA) is 79.3 Å². The summed E-state index contributed by atoms with van der Waals surface area (Å²) >= 11 is 11.3. The van der Waals surface area contributed by atoms with E-state index in [4.69, 9.17) is 23.2 Å². The molecule has 1 atom stereocenters. The molecule has 8 heteroatoms. The molecule has 0 aromatic carbocycles. The van der Waals surface area contributed by atoms with Crippen LogP contribution in [-0.2, 0) is 10.0 Å². The van der Waals surface area contributed by atoms with Crippen LogP contribution in [0.4, 0.5) is 0 Å². The zero-order valence-corrected chi connectivity index (χ0v) is 11.3. The van der Waals surface area contributed by atoms with E-state index in [1.165, 1.54) is 12.1 Å². The molecule has 0 aliphatic heterocycles. The first-order valence-electron chi connectivity index (χ1n) is 4.86. The van der Waals surface area contributed by atoms with Gasteiger partial charge in [-0.3, -0.25) is 0 Å². The zero-order valence-electron chi connectivity index (χ0n) is 9.02. The van der Waals surface area contributed by atoms with Crippen molar-refractivity contribution in [2.24, 2.45) is 0 Å². The number of sulfonamides is 1. The van der Waals surface area contributed by atoms with Gasteiger partial charge in [0.1, 0.15) is 10.0 Å². The van der Waals surface area contributed by atoms with Gasteiger partial charge >= 0.3 is 0 Å². The normalized spacial score (nSPS) is 13.6. The van der Waals surface area contributed by atoms with Crippen molar-refractivity contribution in [3.63, 3.8) is 0 Å². The molecule has 0 saturated heterocycles. The van der Waals surface area contributed by atoms with Crippen molar-refractivity contribution >= 4 is 33.2 Å². The molecule has 0 radical (unpaired) electrons. The summed E-state index contributed by atoms with van der Waals surface area (Å²) in [7, 11) is -3.78. The SMILES string of the molecule is CCC(O)CNS(=O)(=O)c1ccc(Cl)nc1Cl. The second-order valence-corrected chi connectivity index (χ2v) is 5.82. The van der Waals surface area contributed by atoms with E-state index in [2.05, 4.69) is 9.71 Å². The Hall–Kier alpha value is -0.400. The monoisotopic (exact) mass is 298 g/mol. The van der Waals surface area contributed by atoms with Crippen molar-refractivity contribution in [3.05, 3.63) is 22.4 Å². The van der Waals surface area contributed by atoms with E-state index in [0.29, 0.717) is 6.42 Å². The van der Waals surface area contributed by atoms with Crippen LogP contribution in [0, 0.1) is 0 Å². The molecule has 96 valence electrons. The molecule has 2 N–H and O–H groups in total. The molecule has 1 aromatic rings. The lowest BCUT2D eigenvalue weighted by atomic mass is 10.3. The van der Waals surface area contributed by atoms with E-state index in [9.17, 15) is 13.5 Å². The van der Waals surface area contributed by atoms with Crippen LogP contribution in [0.2, 0.25) is 10.3 Å². The van der Waals surface area contributed by atoms with E-state index >= 15 is 0 Å². The van der Waals surface area contributed by atoms with Gasteiger partial charge in [0.2, 0.25) is 10.0 Å². The Balaban J connectivity index is 2.90. The molecular weight excluding hydrogens is 287 g/mol. The number of aliphatic hydroxyl groups excluding tert-OH is 1. The average Bonchev–Trinajstić information content (AvgIpc) is 2.25. The van der Waals surface area contributed by atoms with E-state index in [1.807, 2.05) is 0 Å². The van der Waals surface area contributed by atoms with Crippen molar-refractivity contribution < 1.29 is 13.5 Å². The van der Waals surface area contributed by atoms with Gasteiger partial charge in [0.15, 0.2) is 5.15 Å². The van der Waals surface area contributed by atoms with Gasteiger partial charge in [0.05, 0.1) is 6.10 Å². The number of halogens is 2. The maximum Gasteiger partial charge on any atom is 0.243 e. The van der Waals surface area contributed by atoms with Gasteiger partial charge in [-0.05, 0) is 18.6 Å². The standard InChI is InChI=1S/C9H12Cl2N2O3S/c1-2-6(14)5-12-17(15,16)7-3-4-8(10)13-9(7)11/h3-4,6,12,14H,2,5H2,1H3. The molecule has 0 saturated carbocycles. The van der Waals surface area contributed by atoms with Crippen molar-refractivity contribution in [1.82, 2.24) is 9.71 Å². The smallest absolute Gasteiger partial charge is 0.243 e. The van der Waals surface area contributed by atoms with E-state index < -0.39 is 16.1 Å². The Morgan fingerprint density at radius 3 is 2.65 bits per heavy atom. The van der Waals surface area contributed by atoms with Crippen LogP contribution in [0.3, 0.4) is 0 Å². The van der Waals surface area contributed by atoms with Gasteiger partial charge in [0, 0.05) is 6.54 Å². The Labute approximate surface area is 110 Å². The summed E-state index contributed by atoms with van der Waals surface area (Å²) in [5.74, 6) is 0. The summed E-state index contributed by atoms with van der Waals surface area (Å²) < 4.78 is 25.8. The minimum atomic E-state index is -3.78. The highest BCUT2D eigenvalue weighted by molar-refractivity contribution is 7.89. The van der Waals surface area contributed by atoms with Crippen LogP contribution in [-0.4, -0.2) is 31.2 Å². The maximum atomic E-state index is 11.8. The van der Waals surface area contributed by atoms with Crippen molar-refractivity contribution in [2.45, 2.75) is 24.3 Å². The van der Waals surface area contributed by atoms with Crippen molar-refractivity contribution in [2.75, 3.05) is 6.54 Å². The third-order valence-corrected chi connectivity index (χ3v) is 4.12. The first kappa shape index (κ1) is 14.7. The summed E-state index contributed by atoms with van der Waals surface area (Å²) in [4.78, 5) is 3.48. The average molecular weight is 299 g/mol. The molecular formula is C9H12Cl2N2O3S. The lowest BCUT2D eigenvalue weighted by Crippen LogP contribution is -2.32. The molecule has 17 heavy (non-hydrogen) atoms. The highest BCUT2D eigenvalue weighted by Crippen LogP contribution is 2.21. The third kappa shape index (κ3) is 4.08. The Kier molecular flexibility index (Phi) is 5.15. The molecule has 0 bridgehead atoms. The summed E-state index contributed by atoms with van der Waals surface area (Å²) in [5.41, 5.74) is 0. The number of aliphatic hydroxyl groups is 1. The third-order valence-electron chi connectivity index (χ3n) is 2.05. The molecule has 1 heterocycles. The molecule has 1 unspecified atom stereocenters. The highest BCUT2D eigenvalue weighted by Gasteiger charge is 2.19.